The first-order valence-corrected chi connectivity index (χ1v) is 18.8. The van der Waals surface area contributed by atoms with Crippen molar-refractivity contribution in [3.8, 4) is 0 Å². The van der Waals surface area contributed by atoms with E-state index in [1.165, 1.54) is 34.9 Å². The van der Waals surface area contributed by atoms with E-state index in [1.807, 2.05) is 0 Å². The van der Waals surface area contributed by atoms with Crippen molar-refractivity contribution in [2.75, 3.05) is 0 Å². The van der Waals surface area contributed by atoms with Crippen molar-refractivity contribution in [3.05, 3.63) is 194 Å². The number of unbranched alkanes of at least 4 members (excludes halogenated alkanes) is 1. The summed E-state index contributed by atoms with van der Waals surface area (Å²) in [6.07, 6.45) is -1.37. The van der Waals surface area contributed by atoms with Crippen LogP contribution in [0.1, 0.15) is 31.0 Å². The number of pyridine rings is 1. The van der Waals surface area contributed by atoms with Gasteiger partial charge >= 0.3 is 0 Å². The molecule has 7 rings (SSSR count). The van der Waals surface area contributed by atoms with E-state index in [0.717, 1.165) is 13.0 Å². The molecule has 0 aliphatic rings. The fourth-order valence-corrected chi connectivity index (χ4v) is 7.75. The highest BCUT2D eigenvalue weighted by Crippen LogP contribution is 2.31. The first-order chi connectivity index (χ1) is 31.1. The highest BCUT2D eigenvalue weighted by molar-refractivity contribution is 7.20. The highest BCUT2D eigenvalue weighted by atomic mass is 19.2. The van der Waals surface area contributed by atoms with Gasteiger partial charge in [0.1, 0.15) is 52.7 Å². The maximum Gasteiger partial charge on any atom is 0.200 e. The first-order valence-electron chi connectivity index (χ1n) is 18.8. The lowest BCUT2D eigenvalue weighted by atomic mass is 9.12. The molecular weight excluding hydrogens is 933 g/mol. The zero-order valence-electron chi connectivity index (χ0n) is 32.8. The Hall–Kier alpha value is -6.61. The lowest BCUT2D eigenvalue weighted by molar-refractivity contribution is -0.694. The molecule has 1 heterocycles. The van der Waals surface area contributed by atoms with Crippen molar-refractivity contribution in [3.63, 3.8) is 0 Å². The van der Waals surface area contributed by atoms with Gasteiger partial charge in [-0.25, -0.2) is 87.8 Å². The van der Waals surface area contributed by atoms with E-state index in [0.29, 0.717) is 0 Å². The van der Waals surface area contributed by atoms with E-state index in [4.69, 9.17) is 0 Å². The molecule has 6 aromatic carbocycles. The number of nitrogens with zero attached hydrogens (tertiary/aromatic N) is 1. The fraction of sp³-hybridized carbons (Fsp3) is 0.114. The van der Waals surface area contributed by atoms with Crippen LogP contribution in [0.5, 0.6) is 0 Å². The Balaban J connectivity index is 0.000000284. The fourth-order valence-electron chi connectivity index (χ4n) is 7.75. The van der Waals surface area contributed by atoms with Crippen LogP contribution in [0.3, 0.4) is 0 Å². The number of aromatic nitrogens is 1. The Bertz CT molecular complexity index is 2670. The van der Waals surface area contributed by atoms with E-state index in [9.17, 15) is 52.7 Å². The maximum atomic E-state index is 15.4. The molecule has 7 aromatic rings. The predicted molar refractivity (Wildman–Crippen MR) is 198 cm³/mol. The molecule has 0 atom stereocenters. The van der Waals surface area contributed by atoms with Crippen LogP contribution in [0.25, 0.3) is 10.8 Å². The molecule has 0 bridgehead atoms. The maximum absolute atomic E-state index is 15.4. The van der Waals surface area contributed by atoms with E-state index in [-0.39, 0.29) is 0 Å². The van der Waals surface area contributed by atoms with Crippen molar-refractivity contribution < 1.29 is 92.4 Å². The van der Waals surface area contributed by atoms with Crippen molar-refractivity contribution in [1.82, 2.24) is 0 Å². The third-order valence-corrected chi connectivity index (χ3v) is 10.7. The van der Waals surface area contributed by atoms with E-state index < -0.39 is 144 Å². The Labute approximate surface area is 358 Å². The molecule has 0 saturated carbocycles. The Morgan fingerprint density at radius 2 is 0.667 bits per heavy atom. The topological polar surface area (TPSA) is 3.88 Å². The third kappa shape index (κ3) is 7.76. The van der Waals surface area contributed by atoms with Crippen LogP contribution in [-0.2, 0) is 13.0 Å². The average Bonchev–Trinajstić information content (AvgIpc) is 3.31. The number of rotatable bonds is 9. The van der Waals surface area contributed by atoms with Gasteiger partial charge in [-0.05, 0) is 17.9 Å². The summed E-state index contributed by atoms with van der Waals surface area (Å²) in [6.45, 7) is 3.21. The summed E-state index contributed by atoms with van der Waals surface area (Å²) in [5, 5.41) is 2.73. The van der Waals surface area contributed by atoms with Crippen LogP contribution < -0.4 is 26.4 Å². The van der Waals surface area contributed by atoms with E-state index in [2.05, 4.69) is 78.4 Å². The lowest BCUT2D eigenvalue weighted by Crippen LogP contribution is -2.81. The summed E-state index contributed by atoms with van der Waals surface area (Å²) in [6, 6.07) is 21.7. The second-order valence-corrected chi connectivity index (χ2v) is 14.4. The first kappa shape index (κ1) is 48.8. The zero-order valence-corrected chi connectivity index (χ0v) is 32.8. The van der Waals surface area contributed by atoms with Gasteiger partial charge < -0.3 is 0 Å². The number of halogens is 20. The molecule has 0 unspecified atom stereocenters. The van der Waals surface area contributed by atoms with Gasteiger partial charge in [-0.3, -0.25) is 0 Å². The summed E-state index contributed by atoms with van der Waals surface area (Å²) < 4.78 is 296. The highest BCUT2D eigenvalue weighted by Gasteiger charge is 2.52. The van der Waals surface area contributed by atoms with Crippen LogP contribution in [0, 0.1) is 116 Å². The van der Waals surface area contributed by atoms with Gasteiger partial charge in [0.2, 0.25) is 0 Å². The molecular formula is C44H22BF20N. The second-order valence-electron chi connectivity index (χ2n) is 14.4. The number of hydrogen-bond acceptors (Lipinski definition) is 0. The molecule has 0 aliphatic heterocycles. The van der Waals surface area contributed by atoms with Gasteiger partial charge in [0.25, 0.3) is 0 Å². The number of benzene rings is 6. The van der Waals surface area contributed by atoms with Crippen molar-refractivity contribution in [2.24, 2.45) is 0 Å². The van der Waals surface area contributed by atoms with Crippen LogP contribution in [0.15, 0.2) is 66.9 Å². The summed E-state index contributed by atoms with van der Waals surface area (Å²) in [5.41, 5.74) is -11.5. The molecule has 0 amide bonds. The lowest BCUT2D eigenvalue weighted by Gasteiger charge is -2.44. The summed E-state index contributed by atoms with van der Waals surface area (Å²) in [5.74, 6) is -71.4. The summed E-state index contributed by atoms with van der Waals surface area (Å²) >= 11 is 0. The van der Waals surface area contributed by atoms with Gasteiger partial charge in [-0.1, -0.05) is 61.9 Å². The molecule has 0 spiro atoms. The summed E-state index contributed by atoms with van der Waals surface area (Å²) in [7, 11) is 0. The van der Waals surface area contributed by atoms with Gasteiger partial charge in [0, 0.05) is 23.4 Å². The Morgan fingerprint density at radius 1 is 0.364 bits per heavy atom. The van der Waals surface area contributed by atoms with Crippen molar-refractivity contribution in [1.29, 1.82) is 0 Å². The van der Waals surface area contributed by atoms with Crippen molar-refractivity contribution in [2.45, 2.75) is 32.7 Å². The second kappa shape index (κ2) is 18.7. The smallest absolute Gasteiger partial charge is 0.200 e. The Kier molecular flexibility index (Phi) is 13.8. The third-order valence-electron chi connectivity index (χ3n) is 10.7. The van der Waals surface area contributed by atoms with Crippen LogP contribution in [0.2, 0.25) is 0 Å². The normalized spacial score (nSPS) is 11.7. The van der Waals surface area contributed by atoms with Gasteiger partial charge in [-0.15, -0.1) is 21.9 Å². The number of hydrogen-bond donors (Lipinski definition) is 0. The quantitative estimate of drug-likeness (QED) is 0.0446. The number of aryl methyl sites for hydroxylation is 1. The van der Waals surface area contributed by atoms with Crippen LogP contribution in [0.4, 0.5) is 87.8 Å². The number of fused-ring (bicyclic) bond motifs is 1. The van der Waals surface area contributed by atoms with Crippen molar-refractivity contribution >= 4 is 38.8 Å². The molecule has 66 heavy (non-hydrogen) atoms. The molecule has 346 valence electrons. The Morgan fingerprint density at radius 3 is 1.00 bits per heavy atom. The molecule has 0 fully saturated rings. The van der Waals surface area contributed by atoms with Crippen LogP contribution in [-0.4, -0.2) is 6.15 Å². The average molecular weight is 955 g/mol. The molecule has 0 N–H and O–H groups in total. The standard InChI is InChI=1S/C24BF20.C20H22N/c26-5-1(6(27)14(35)21(42)13(5)34)25(2-7(28)15(36)22(43)16(37)8(2)29,3-9(30)17(38)23(44)18(39)10(3)31)4-11(32)19(40)24(45)20(41)12(4)33;1-2-3-13-20-19-12-8-7-11-18(19)14-15-21(20)16-17-9-5-4-6-10-17/h;4-12,14-15H,2-3,13,16H2,1H3/q-1;+1. The molecule has 1 nitrogen and oxygen atoms in total. The molecule has 0 saturated heterocycles. The van der Waals surface area contributed by atoms with Crippen LogP contribution >= 0.6 is 0 Å². The monoisotopic (exact) mass is 955 g/mol. The SMILES string of the molecule is CCCCc1c2ccccc2cc[n+]1Cc1ccccc1.Fc1c(F)c(F)c([B-](c2c(F)c(F)c(F)c(F)c2F)(c2c(F)c(F)c(F)c(F)c2F)c2c(F)c(F)c(F)c(F)c2F)c(F)c1F. The minimum atomic E-state index is -7.22. The molecule has 0 radical (unpaired) electrons. The summed E-state index contributed by atoms with van der Waals surface area (Å²) in [4.78, 5) is 0. The van der Waals surface area contributed by atoms with Gasteiger partial charge in [0.15, 0.2) is 88.2 Å². The predicted octanol–water partition coefficient (Wildman–Crippen LogP) is 10.4. The largest absolute Gasteiger partial charge is 0.207 e. The van der Waals surface area contributed by atoms with E-state index in [1.54, 1.807) is 0 Å². The molecule has 22 heteroatoms. The minimum absolute atomic E-state index is 0.949. The van der Waals surface area contributed by atoms with Gasteiger partial charge in [0.05, 0.1) is 0 Å². The molecule has 1 aromatic heterocycles. The van der Waals surface area contributed by atoms with Gasteiger partial charge in [-0.2, -0.15) is 4.57 Å². The van der Waals surface area contributed by atoms with E-state index >= 15 is 35.1 Å². The zero-order chi connectivity index (χ0) is 48.8. The molecule has 0 aliphatic carbocycles. The minimum Gasteiger partial charge on any atom is -0.207 e.